The molecule has 1 heterocycles. The highest BCUT2D eigenvalue weighted by atomic mass is 32.1. The van der Waals surface area contributed by atoms with Crippen LogP contribution in [0.3, 0.4) is 0 Å². The van der Waals surface area contributed by atoms with Gasteiger partial charge in [-0.1, -0.05) is 0 Å². The van der Waals surface area contributed by atoms with E-state index in [-0.39, 0.29) is 17.2 Å². The Morgan fingerprint density at radius 2 is 2.15 bits per heavy atom. The van der Waals surface area contributed by atoms with E-state index in [9.17, 15) is 9.59 Å². The molecule has 6 nitrogen and oxygen atoms in total. The highest BCUT2D eigenvalue weighted by Crippen LogP contribution is 2.24. The topological polar surface area (TPSA) is 88.5 Å². The number of methoxy groups -OCH3 is 1. The maximum Gasteiger partial charge on any atom is 0.339 e. The number of anilines is 1. The van der Waals surface area contributed by atoms with E-state index in [1.165, 1.54) is 36.6 Å². The average Bonchev–Trinajstić information content (AvgIpc) is 2.84. The molecule has 0 unspecified atom stereocenters. The van der Waals surface area contributed by atoms with E-state index in [1.807, 2.05) is 0 Å². The number of carboxylic acid groups (broad SMARTS) is 1. The third-order valence-electron chi connectivity index (χ3n) is 2.64. The van der Waals surface area contributed by atoms with Gasteiger partial charge in [-0.25, -0.2) is 9.78 Å². The molecule has 0 fully saturated rings. The van der Waals surface area contributed by atoms with E-state index in [1.54, 1.807) is 12.4 Å². The van der Waals surface area contributed by atoms with Crippen molar-refractivity contribution in [3.8, 4) is 5.75 Å². The lowest BCUT2D eigenvalue weighted by atomic mass is 10.2. The van der Waals surface area contributed by atoms with Crippen LogP contribution in [0.4, 0.5) is 5.69 Å². The van der Waals surface area contributed by atoms with E-state index < -0.39 is 5.97 Å². The molecule has 7 heteroatoms. The second-order valence-corrected chi connectivity index (χ2v) is 4.80. The van der Waals surface area contributed by atoms with Gasteiger partial charge in [0.1, 0.15) is 16.2 Å². The number of aryl methyl sites for hydroxylation is 1. The fourth-order valence-corrected chi connectivity index (χ4v) is 2.35. The van der Waals surface area contributed by atoms with E-state index >= 15 is 0 Å². The number of nitrogens with zero attached hydrogens (tertiary/aromatic N) is 1. The summed E-state index contributed by atoms with van der Waals surface area (Å²) in [7, 11) is 1.38. The number of aromatic nitrogens is 1. The van der Waals surface area contributed by atoms with Gasteiger partial charge in [-0.3, -0.25) is 4.79 Å². The van der Waals surface area contributed by atoms with Crippen molar-refractivity contribution in [2.45, 2.75) is 6.92 Å². The number of amides is 1. The predicted octanol–water partition coefficient (Wildman–Crippen LogP) is 2.41. The van der Waals surface area contributed by atoms with E-state index in [0.717, 1.165) is 0 Å². The third-order valence-corrected chi connectivity index (χ3v) is 3.57. The summed E-state index contributed by atoms with van der Waals surface area (Å²) < 4.78 is 5.00. The predicted molar refractivity (Wildman–Crippen MR) is 74.8 cm³/mol. The zero-order valence-corrected chi connectivity index (χ0v) is 11.7. The maximum absolute atomic E-state index is 12.0. The maximum atomic E-state index is 12.0. The fourth-order valence-electron chi connectivity index (χ4n) is 1.65. The van der Waals surface area contributed by atoms with E-state index in [2.05, 4.69) is 10.3 Å². The number of hydrogen-bond acceptors (Lipinski definition) is 5. The molecule has 0 saturated heterocycles. The van der Waals surface area contributed by atoms with Crippen molar-refractivity contribution in [3.05, 3.63) is 39.8 Å². The molecule has 0 spiro atoms. The zero-order valence-electron chi connectivity index (χ0n) is 10.8. The van der Waals surface area contributed by atoms with Crippen molar-refractivity contribution < 1.29 is 19.4 Å². The van der Waals surface area contributed by atoms with Crippen LogP contribution in [0, 0.1) is 6.92 Å². The molecule has 1 amide bonds. The van der Waals surface area contributed by atoms with Gasteiger partial charge in [0.2, 0.25) is 0 Å². The van der Waals surface area contributed by atoms with Crippen LogP contribution in [0.15, 0.2) is 23.7 Å². The van der Waals surface area contributed by atoms with Gasteiger partial charge >= 0.3 is 5.97 Å². The van der Waals surface area contributed by atoms with Crippen molar-refractivity contribution in [1.29, 1.82) is 0 Å². The first-order valence-corrected chi connectivity index (χ1v) is 6.53. The number of ether oxygens (including phenoxy) is 1. The minimum atomic E-state index is -1.09. The van der Waals surface area contributed by atoms with Gasteiger partial charge in [-0.2, -0.15) is 0 Å². The third kappa shape index (κ3) is 2.77. The minimum Gasteiger partial charge on any atom is -0.496 e. The second kappa shape index (κ2) is 5.70. The van der Waals surface area contributed by atoms with Crippen LogP contribution in [0.5, 0.6) is 5.75 Å². The fraction of sp³-hybridized carbons (Fsp3) is 0.154. The minimum absolute atomic E-state index is 0.0412. The molecule has 0 bridgehead atoms. The number of aromatic carboxylic acids is 1. The number of rotatable bonds is 4. The zero-order chi connectivity index (χ0) is 14.7. The molecule has 0 aliphatic rings. The second-order valence-electron chi connectivity index (χ2n) is 3.94. The summed E-state index contributed by atoms with van der Waals surface area (Å²) in [6, 6.07) is 4.37. The lowest BCUT2D eigenvalue weighted by Crippen LogP contribution is -2.12. The molecule has 20 heavy (non-hydrogen) atoms. The van der Waals surface area contributed by atoms with Gasteiger partial charge in [0.05, 0.1) is 18.3 Å². The molecule has 2 rings (SSSR count). The largest absolute Gasteiger partial charge is 0.496 e. The Morgan fingerprint density at radius 1 is 1.40 bits per heavy atom. The van der Waals surface area contributed by atoms with Crippen molar-refractivity contribution in [3.63, 3.8) is 0 Å². The van der Waals surface area contributed by atoms with Crippen LogP contribution in [-0.4, -0.2) is 29.1 Å². The van der Waals surface area contributed by atoms with E-state index in [0.29, 0.717) is 16.3 Å². The van der Waals surface area contributed by atoms with E-state index in [4.69, 9.17) is 9.84 Å². The first-order chi connectivity index (χ1) is 9.52. The monoisotopic (exact) mass is 292 g/mol. The van der Waals surface area contributed by atoms with Crippen LogP contribution in [0.2, 0.25) is 0 Å². The lowest BCUT2D eigenvalue weighted by Gasteiger charge is -2.09. The Labute approximate surface area is 119 Å². The van der Waals surface area contributed by atoms with Crippen molar-refractivity contribution >= 4 is 28.9 Å². The molecule has 0 saturated carbocycles. The number of carbonyl (C=O) groups excluding carboxylic acids is 1. The Morgan fingerprint density at radius 3 is 2.70 bits per heavy atom. The quantitative estimate of drug-likeness (QED) is 0.903. The molecule has 0 radical (unpaired) electrons. The summed E-state index contributed by atoms with van der Waals surface area (Å²) in [6.07, 6.45) is 0. The number of hydrogen-bond donors (Lipinski definition) is 2. The first kappa shape index (κ1) is 14.0. The van der Waals surface area contributed by atoms with Crippen molar-refractivity contribution in [2.24, 2.45) is 0 Å². The SMILES string of the molecule is COc1cc(NC(=O)c2scnc2C)ccc1C(=O)O. The summed E-state index contributed by atoms with van der Waals surface area (Å²) in [6.45, 7) is 1.75. The molecule has 1 aromatic carbocycles. The number of carboxylic acids is 1. The Balaban J connectivity index is 2.24. The number of nitrogens with one attached hydrogen (secondary N) is 1. The first-order valence-electron chi connectivity index (χ1n) is 5.65. The molecule has 0 atom stereocenters. The van der Waals surface area contributed by atoms with Gasteiger partial charge in [0, 0.05) is 11.8 Å². The average molecular weight is 292 g/mol. The Hall–Kier alpha value is -2.41. The smallest absolute Gasteiger partial charge is 0.339 e. The Kier molecular flexibility index (Phi) is 3.99. The normalized spacial score (nSPS) is 10.1. The number of thiazole rings is 1. The Bertz CT molecular complexity index is 666. The number of benzene rings is 1. The summed E-state index contributed by atoms with van der Waals surface area (Å²) in [5.74, 6) is -1.18. The highest BCUT2D eigenvalue weighted by molar-refractivity contribution is 7.12. The molecule has 2 aromatic rings. The van der Waals surface area contributed by atoms with Crippen molar-refractivity contribution in [1.82, 2.24) is 4.98 Å². The molecule has 0 aliphatic carbocycles. The van der Waals surface area contributed by atoms with Gasteiger partial charge < -0.3 is 15.2 Å². The molecule has 2 N–H and O–H groups in total. The molecular weight excluding hydrogens is 280 g/mol. The number of carbonyl (C=O) groups is 2. The van der Waals surface area contributed by atoms with Gasteiger partial charge in [0.15, 0.2) is 0 Å². The summed E-state index contributed by atoms with van der Waals surface area (Å²) in [4.78, 5) is 27.5. The molecule has 0 aliphatic heterocycles. The van der Waals surface area contributed by atoms with Gasteiger partial charge in [-0.15, -0.1) is 11.3 Å². The lowest BCUT2D eigenvalue weighted by molar-refractivity contribution is 0.0693. The molecule has 104 valence electrons. The van der Waals surface area contributed by atoms with Crippen molar-refractivity contribution in [2.75, 3.05) is 12.4 Å². The highest BCUT2D eigenvalue weighted by Gasteiger charge is 2.15. The summed E-state index contributed by atoms with van der Waals surface area (Å²) in [5, 5.41) is 11.7. The standard InChI is InChI=1S/C13H12N2O4S/c1-7-11(20-6-14-7)12(16)15-8-3-4-9(13(17)18)10(5-8)19-2/h3-6H,1-2H3,(H,15,16)(H,17,18). The van der Waals surface area contributed by atoms with Crippen LogP contribution in [0.1, 0.15) is 25.7 Å². The summed E-state index contributed by atoms with van der Waals surface area (Å²) >= 11 is 1.25. The van der Waals surface area contributed by atoms with Gasteiger partial charge in [-0.05, 0) is 19.1 Å². The van der Waals surface area contributed by atoms with Crippen LogP contribution >= 0.6 is 11.3 Å². The van der Waals surface area contributed by atoms with Crippen LogP contribution < -0.4 is 10.1 Å². The van der Waals surface area contributed by atoms with Crippen LogP contribution in [-0.2, 0) is 0 Å². The van der Waals surface area contributed by atoms with Gasteiger partial charge in [0.25, 0.3) is 5.91 Å². The summed E-state index contributed by atoms with van der Waals surface area (Å²) in [5.41, 5.74) is 2.75. The molecule has 1 aromatic heterocycles. The van der Waals surface area contributed by atoms with Crippen LogP contribution in [0.25, 0.3) is 0 Å². The molecular formula is C13H12N2O4S.